The molecule has 1 heterocycles. The first-order chi connectivity index (χ1) is 12.1. The van der Waals surface area contributed by atoms with Gasteiger partial charge in [-0.15, -0.1) is 0 Å². The molecule has 3 rings (SSSR count). The van der Waals surface area contributed by atoms with E-state index < -0.39 is 0 Å². The van der Waals surface area contributed by atoms with E-state index >= 15 is 0 Å². The van der Waals surface area contributed by atoms with Crippen molar-refractivity contribution >= 4 is 17.0 Å². The molecule has 0 aliphatic carbocycles. The number of ether oxygens (including phenoxy) is 1. The topological polar surface area (TPSA) is 34.5 Å². The molecule has 0 bridgehead atoms. The maximum Gasteiger partial charge on any atom is 0.410 e. The van der Waals surface area contributed by atoms with Crippen molar-refractivity contribution in [3.63, 3.8) is 0 Å². The van der Waals surface area contributed by atoms with Crippen LogP contribution in [0, 0.1) is 0 Å². The van der Waals surface area contributed by atoms with Crippen molar-refractivity contribution < 1.29 is 9.53 Å². The second-order valence-corrected chi connectivity index (χ2v) is 6.57. The fourth-order valence-electron chi connectivity index (χ4n) is 2.98. The first-order valence-corrected chi connectivity index (χ1v) is 8.56. The quantitative estimate of drug-likeness (QED) is 0.658. The Kier molecular flexibility index (Phi) is 5.08. The van der Waals surface area contributed by atoms with Gasteiger partial charge in [-0.05, 0) is 31.0 Å². The highest BCUT2D eigenvalue weighted by Gasteiger charge is 2.15. The average Bonchev–Trinajstić information content (AvgIpc) is 2.99. The summed E-state index contributed by atoms with van der Waals surface area (Å²) >= 11 is 0. The first-order valence-electron chi connectivity index (χ1n) is 8.56. The molecular weight excluding hydrogens is 312 g/mol. The Morgan fingerprint density at radius 2 is 1.76 bits per heavy atom. The number of amides is 1. The lowest BCUT2D eigenvalue weighted by atomic mass is 10.2. The molecule has 4 heteroatoms. The van der Waals surface area contributed by atoms with Crippen LogP contribution in [0.15, 0.2) is 60.8 Å². The smallest absolute Gasteiger partial charge is 0.410 e. The molecule has 1 amide bonds. The number of aromatic nitrogens is 1. The number of fused-ring (bicyclic) bond motifs is 1. The van der Waals surface area contributed by atoms with E-state index in [0.717, 1.165) is 11.1 Å². The summed E-state index contributed by atoms with van der Waals surface area (Å²) in [5.41, 5.74) is 3.31. The summed E-state index contributed by atoms with van der Waals surface area (Å²) in [6, 6.07) is 18.4. The van der Waals surface area contributed by atoms with Gasteiger partial charge in [-0.25, -0.2) is 4.79 Å². The number of para-hydroxylation sites is 1. The molecular formula is C21H24N2O2. The van der Waals surface area contributed by atoms with Crippen LogP contribution in [0.3, 0.4) is 0 Å². The number of carbonyl (C=O) groups excluding carboxylic acids is 1. The highest BCUT2D eigenvalue weighted by Crippen LogP contribution is 2.25. The fourth-order valence-corrected chi connectivity index (χ4v) is 2.98. The third-order valence-corrected chi connectivity index (χ3v) is 4.30. The second kappa shape index (κ2) is 7.43. The summed E-state index contributed by atoms with van der Waals surface area (Å²) in [4.78, 5) is 13.9. The van der Waals surface area contributed by atoms with Crippen molar-refractivity contribution in [3.8, 4) is 0 Å². The lowest BCUT2D eigenvalue weighted by molar-refractivity contribution is 0.103. The van der Waals surface area contributed by atoms with Gasteiger partial charge in [0.2, 0.25) is 0 Å². The Labute approximate surface area is 148 Å². The van der Waals surface area contributed by atoms with Crippen LogP contribution in [0.4, 0.5) is 4.79 Å². The van der Waals surface area contributed by atoms with Gasteiger partial charge in [0.15, 0.2) is 0 Å². The van der Waals surface area contributed by atoms with E-state index in [1.54, 1.807) is 11.9 Å². The number of hydrogen-bond donors (Lipinski definition) is 0. The molecule has 0 saturated heterocycles. The first kappa shape index (κ1) is 17.1. The van der Waals surface area contributed by atoms with Gasteiger partial charge in [0, 0.05) is 30.2 Å². The van der Waals surface area contributed by atoms with Crippen molar-refractivity contribution in [2.45, 2.75) is 33.0 Å². The van der Waals surface area contributed by atoms with Crippen LogP contribution in [-0.4, -0.2) is 22.6 Å². The highest BCUT2D eigenvalue weighted by molar-refractivity contribution is 5.84. The molecule has 3 aromatic rings. The lowest BCUT2D eigenvalue weighted by Gasteiger charge is -2.16. The van der Waals surface area contributed by atoms with E-state index in [4.69, 9.17) is 4.74 Å². The summed E-state index contributed by atoms with van der Waals surface area (Å²) in [5.74, 6) is 0. The Bertz CT molecular complexity index is 853. The van der Waals surface area contributed by atoms with Gasteiger partial charge in [-0.3, -0.25) is 0 Å². The largest absolute Gasteiger partial charge is 0.445 e. The van der Waals surface area contributed by atoms with E-state index in [2.05, 4.69) is 36.7 Å². The zero-order valence-electron chi connectivity index (χ0n) is 15.0. The molecule has 25 heavy (non-hydrogen) atoms. The van der Waals surface area contributed by atoms with Crippen molar-refractivity contribution in [2.24, 2.45) is 0 Å². The minimum atomic E-state index is -0.315. The Balaban J connectivity index is 1.71. The summed E-state index contributed by atoms with van der Waals surface area (Å²) in [5, 5.41) is 1.18. The van der Waals surface area contributed by atoms with Crippen molar-refractivity contribution in [3.05, 3.63) is 71.9 Å². The van der Waals surface area contributed by atoms with Gasteiger partial charge in [0.05, 0.1) is 6.54 Å². The van der Waals surface area contributed by atoms with Crippen LogP contribution in [0.5, 0.6) is 0 Å². The number of carbonyl (C=O) groups is 1. The number of nitrogens with zero attached hydrogens (tertiary/aromatic N) is 2. The second-order valence-electron chi connectivity index (χ2n) is 6.57. The molecule has 0 saturated carbocycles. The molecule has 4 nitrogen and oxygen atoms in total. The number of benzene rings is 2. The maximum absolute atomic E-state index is 12.3. The maximum atomic E-state index is 12.3. The summed E-state index contributed by atoms with van der Waals surface area (Å²) in [6.45, 7) is 5.13. The minimum absolute atomic E-state index is 0.289. The molecule has 0 radical (unpaired) electrons. The van der Waals surface area contributed by atoms with Crippen LogP contribution < -0.4 is 0 Å². The molecule has 2 aromatic carbocycles. The molecule has 0 aliphatic rings. The third kappa shape index (κ3) is 3.85. The molecule has 0 N–H and O–H groups in total. The molecule has 0 fully saturated rings. The van der Waals surface area contributed by atoms with Crippen LogP contribution in [-0.2, 0) is 17.9 Å². The van der Waals surface area contributed by atoms with Gasteiger partial charge < -0.3 is 14.2 Å². The molecule has 0 spiro atoms. The Morgan fingerprint density at radius 3 is 2.48 bits per heavy atom. The molecule has 0 aliphatic heterocycles. The van der Waals surface area contributed by atoms with E-state index in [1.807, 2.05) is 42.5 Å². The van der Waals surface area contributed by atoms with Crippen LogP contribution in [0.25, 0.3) is 10.9 Å². The predicted octanol–water partition coefficient (Wildman–Crippen LogP) is 4.99. The van der Waals surface area contributed by atoms with Gasteiger partial charge in [0.1, 0.15) is 6.61 Å². The van der Waals surface area contributed by atoms with E-state index in [1.165, 1.54) is 10.9 Å². The monoisotopic (exact) mass is 336 g/mol. The van der Waals surface area contributed by atoms with Crippen molar-refractivity contribution in [1.29, 1.82) is 0 Å². The lowest BCUT2D eigenvalue weighted by Crippen LogP contribution is -2.26. The summed E-state index contributed by atoms with van der Waals surface area (Å²) < 4.78 is 7.65. The van der Waals surface area contributed by atoms with Crippen molar-refractivity contribution in [2.75, 3.05) is 7.05 Å². The predicted molar refractivity (Wildman–Crippen MR) is 100 cm³/mol. The van der Waals surface area contributed by atoms with Gasteiger partial charge in [-0.1, -0.05) is 48.5 Å². The molecule has 1 aromatic heterocycles. The SMILES string of the molecule is CC(C)n1cc(CN(C)C(=O)OCc2ccccc2)c2ccccc21. The zero-order chi connectivity index (χ0) is 17.8. The van der Waals surface area contributed by atoms with Crippen LogP contribution >= 0.6 is 0 Å². The van der Waals surface area contributed by atoms with Crippen LogP contribution in [0.2, 0.25) is 0 Å². The summed E-state index contributed by atoms with van der Waals surface area (Å²) in [6.07, 6.45) is 1.82. The molecule has 130 valence electrons. The average molecular weight is 336 g/mol. The Morgan fingerprint density at radius 1 is 1.08 bits per heavy atom. The van der Waals surface area contributed by atoms with Crippen LogP contribution in [0.1, 0.15) is 31.0 Å². The summed E-state index contributed by atoms with van der Waals surface area (Å²) in [7, 11) is 1.77. The number of hydrogen-bond acceptors (Lipinski definition) is 2. The van der Waals surface area contributed by atoms with Gasteiger partial charge in [-0.2, -0.15) is 0 Å². The minimum Gasteiger partial charge on any atom is -0.445 e. The Hall–Kier alpha value is -2.75. The highest BCUT2D eigenvalue weighted by atomic mass is 16.6. The van der Waals surface area contributed by atoms with E-state index in [-0.39, 0.29) is 12.7 Å². The molecule has 0 atom stereocenters. The van der Waals surface area contributed by atoms with Crippen molar-refractivity contribution in [1.82, 2.24) is 9.47 Å². The third-order valence-electron chi connectivity index (χ3n) is 4.30. The standard InChI is InChI=1S/C21H24N2O2/c1-16(2)23-14-18(19-11-7-8-12-20(19)23)13-22(3)21(24)25-15-17-9-5-4-6-10-17/h4-12,14,16H,13,15H2,1-3H3. The molecule has 0 unspecified atom stereocenters. The number of rotatable bonds is 5. The van der Waals surface area contributed by atoms with E-state index in [9.17, 15) is 4.79 Å². The fraction of sp³-hybridized carbons (Fsp3) is 0.286. The van der Waals surface area contributed by atoms with Gasteiger partial charge >= 0.3 is 6.09 Å². The van der Waals surface area contributed by atoms with Gasteiger partial charge in [0.25, 0.3) is 0 Å². The van der Waals surface area contributed by atoms with E-state index in [0.29, 0.717) is 12.6 Å². The zero-order valence-corrected chi connectivity index (χ0v) is 15.0. The normalized spacial score (nSPS) is 11.0.